The highest BCUT2D eigenvalue weighted by Gasteiger charge is 2.15. The van der Waals surface area contributed by atoms with E-state index in [1.807, 2.05) is 48.5 Å². The van der Waals surface area contributed by atoms with Crippen molar-refractivity contribution in [3.63, 3.8) is 0 Å². The molecule has 6 nitrogen and oxygen atoms in total. The van der Waals surface area contributed by atoms with Crippen molar-refractivity contribution in [1.29, 1.82) is 5.26 Å². The summed E-state index contributed by atoms with van der Waals surface area (Å²) >= 11 is 0. The lowest BCUT2D eigenvalue weighted by atomic mass is 10.1. The lowest BCUT2D eigenvalue weighted by molar-refractivity contribution is -0.298. The highest BCUT2D eigenvalue weighted by molar-refractivity contribution is 5.96. The van der Waals surface area contributed by atoms with E-state index in [1.54, 1.807) is 30.1 Å². The minimum absolute atomic E-state index is 0.471. The van der Waals surface area contributed by atoms with Crippen molar-refractivity contribution in [3.8, 4) is 28.8 Å². The standard InChI is InChI=1S/C20H15N3O3/c1-26-18-10-6-5-9-17(18)19-15(11-14(12-21)20(24)25)13-23(22-19)16-7-3-2-4-8-16/h2-11,13H,1H3,(H,24,25)/p-1/b14-11+. The number of carboxylic acids is 1. The number of para-hydroxylation sites is 2. The Hall–Kier alpha value is -3.85. The average molecular weight is 344 g/mol. The molecule has 0 aliphatic carbocycles. The van der Waals surface area contributed by atoms with Crippen LogP contribution >= 0.6 is 0 Å². The van der Waals surface area contributed by atoms with Gasteiger partial charge in [0.15, 0.2) is 0 Å². The number of rotatable bonds is 5. The first-order valence-electron chi connectivity index (χ1n) is 7.75. The number of methoxy groups -OCH3 is 1. The van der Waals surface area contributed by atoms with Gasteiger partial charge in [-0.2, -0.15) is 10.4 Å². The van der Waals surface area contributed by atoms with Crippen LogP contribution in [0.5, 0.6) is 5.75 Å². The fourth-order valence-electron chi connectivity index (χ4n) is 2.55. The van der Waals surface area contributed by atoms with Gasteiger partial charge in [-0.25, -0.2) is 4.68 Å². The minimum Gasteiger partial charge on any atom is -0.544 e. The first-order chi connectivity index (χ1) is 12.6. The van der Waals surface area contributed by atoms with E-state index in [2.05, 4.69) is 5.10 Å². The summed E-state index contributed by atoms with van der Waals surface area (Å²) < 4.78 is 7.01. The van der Waals surface area contributed by atoms with E-state index in [0.29, 0.717) is 22.6 Å². The lowest BCUT2D eigenvalue weighted by Crippen LogP contribution is -2.23. The maximum atomic E-state index is 11.1. The lowest BCUT2D eigenvalue weighted by Gasteiger charge is -2.07. The molecule has 1 aromatic heterocycles. The third-order valence-electron chi connectivity index (χ3n) is 3.77. The van der Waals surface area contributed by atoms with E-state index in [1.165, 1.54) is 6.08 Å². The van der Waals surface area contributed by atoms with Crippen LogP contribution in [0, 0.1) is 11.3 Å². The molecule has 0 radical (unpaired) electrons. The molecule has 6 heteroatoms. The van der Waals surface area contributed by atoms with E-state index in [9.17, 15) is 9.90 Å². The van der Waals surface area contributed by atoms with Crippen molar-refractivity contribution in [2.45, 2.75) is 0 Å². The van der Waals surface area contributed by atoms with Gasteiger partial charge in [0, 0.05) is 17.3 Å². The van der Waals surface area contributed by atoms with E-state index in [4.69, 9.17) is 10.00 Å². The van der Waals surface area contributed by atoms with Crippen LogP contribution in [0.25, 0.3) is 23.0 Å². The van der Waals surface area contributed by atoms with E-state index in [0.717, 1.165) is 5.69 Å². The predicted molar refractivity (Wildman–Crippen MR) is 94.1 cm³/mol. The summed E-state index contributed by atoms with van der Waals surface area (Å²) in [6.45, 7) is 0. The molecule has 0 aliphatic heterocycles. The Balaban J connectivity index is 2.23. The van der Waals surface area contributed by atoms with Crippen molar-refractivity contribution in [2.75, 3.05) is 7.11 Å². The molecule has 0 bridgehead atoms. The quantitative estimate of drug-likeness (QED) is 0.523. The van der Waals surface area contributed by atoms with Gasteiger partial charge >= 0.3 is 0 Å². The molecule has 0 spiro atoms. The van der Waals surface area contributed by atoms with Crippen molar-refractivity contribution in [3.05, 3.63) is 71.9 Å². The Morgan fingerprint density at radius 3 is 2.54 bits per heavy atom. The number of aliphatic carboxylic acids is 1. The fraction of sp³-hybridized carbons (Fsp3) is 0.0500. The average Bonchev–Trinajstić information content (AvgIpc) is 3.10. The summed E-state index contributed by atoms with van der Waals surface area (Å²) in [6.07, 6.45) is 2.92. The van der Waals surface area contributed by atoms with Crippen molar-refractivity contribution in [1.82, 2.24) is 9.78 Å². The zero-order chi connectivity index (χ0) is 18.5. The summed E-state index contributed by atoms with van der Waals surface area (Å²) in [7, 11) is 1.55. The molecular weight excluding hydrogens is 330 g/mol. The van der Waals surface area contributed by atoms with Gasteiger partial charge in [-0.3, -0.25) is 0 Å². The topological polar surface area (TPSA) is 91.0 Å². The van der Waals surface area contributed by atoms with Crippen LogP contribution in [0.2, 0.25) is 0 Å². The maximum absolute atomic E-state index is 11.1. The van der Waals surface area contributed by atoms with E-state index >= 15 is 0 Å². The molecule has 0 atom stereocenters. The van der Waals surface area contributed by atoms with Crippen LogP contribution in [0.15, 0.2) is 66.4 Å². The van der Waals surface area contributed by atoms with Gasteiger partial charge in [0.25, 0.3) is 0 Å². The Kier molecular flexibility index (Phi) is 4.81. The first kappa shape index (κ1) is 17.0. The highest BCUT2D eigenvalue weighted by atomic mass is 16.5. The molecule has 0 amide bonds. The van der Waals surface area contributed by atoms with Crippen LogP contribution in [-0.2, 0) is 4.79 Å². The second kappa shape index (κ2) is 7.36. The first-order valence-corrected chi connectivity index (χ1v) is 7.75. The normalized spacial score (nSPS) is 11.0. The van der Waals surface area contributed by atoms with Crippen LogP contribution in [0.1, 0.15) is 5.56 Å². The predicted octanol–water partition coefficient (Wildman–Crippen LogP) is 2.20. The number of carbonyl (C=O) groups is 1. The number of nitrogens with zero attached hydrogens (tertiary/aromatic N) is 3. The number of carboxylic acid groups (broad SMARTS) is 1. The van der Waals surface area contributed by atoms with Crippen LogP contribution in [0.4, 0.5) is 0 Å². The summed E-state index contributed by atoms with van der Waals surface area (Å²) in [4.78, 5) is 11.1. The molecule has 0 N–H and O–H groups in total. The SMILES string of the molecule is COc1ccccc1-c1nn(-c2ccccc2)cc1/C=C(\C#N)C(=O)[O-]. The summed E-state index contributed by atoms with van der Waals surface area (Å²) in [6, 6.07) is 18.3. The number of ether oxygens (including phenoxy) is 1. The molecule has 0 aliphatic rings. The zero-order valence-electron chi connectivity index (χ0n) is 13.9. The Morgan fingerprint density at radius 1 is 1.19 bits per heavy atom. The van der Waals surface area contributed by atoms with Crippen LogP contribution < -0.4 is 9.84 Å². The number of benzene rings is 2. The Labute approximate surface area is 150 Å². The van der Waals surface area contributed by atoms with Gasteiger partial charge in [-0.15, -0.1) is 0 Å². The molecule has 0 fully saturated rings. The van der Waals surface area contributed by atoms with Crippen molar-refractivity contribution < 1.29 is 14.6 Å². The molecule has 2 aromatic carbocycles. The van der Waals surface area contributed by atoms with Gasteiger partial charge in [0.05, 0.1) is 24.3 Å². The summed E-state index contributed by atoms with van der Waals surface area (Å²) in [5, 5.41) is 24.8. The second-order valence-corrected chi connectivity index (χ2v) is 5.37. The largest absolute Gasteiger partial charge is 0.544 e. The van der Waals surface area contributed by atoms with Crippen LogP contribution in [-0.4, -0.2) is 22.9 Å². The molecule has 0 saturated carbocycles. The Morgan fingerprint density at radius 2 is 1.88 bits per heavy atom. The number of nitriles is 1. The molecule has 1 heterocycles. The van der Waals surface area contributed by atoms with Crippen molar-refractivity contribution in [2.24, 2.45) is 0 Å². The van der Waals surface area contributed by atoms with Crippen LogP contribution in [0.3, 0.4) is 0 Å². The fourth-order valence-corrected chi connectivity index (χ4v) is 2.55. The summed E-state index contributed by atoms with van der Waals surface area (Å²) in [5.41, 5.74) is 1.98. The number of carbonyl (C=O) groups excluding carboxylic acids is 1. The van der Waals surface area contributed by atoms with E-state index < -0.39 is 11.5 Å². The molecule has 3 rings (SSSR count). The molecule has 0 saturated heterocycles. The third-order valence-corrected chi connectivity index (χ3v) is 3.77. The van der Waals surface area contributed by atoms with Gasteiger partial charge in [-0.1, -0.05) is 30.3 Å². The molecular formula is C20H14N3O3-. The van der Waals surface area contributed by atoms with Gasteiger partial charge in [-0.05, 0) is 30.3 Å². The third kappa shape index (κ3) is 3.32. The molecule has 3 aromatic rings. The zero-order valence-corrected chi connectivity index (χ0v) is 13.9. The molecule has 26 heavy (non-hydrogen) atoms. The van der Waals surface area contributed by atoms with Gasteiger partial charge < -0.3 is 14.6 Å². The van der Waals surface area contributed by atoms with Gasteiger partial charge in [0.1, 0.15) is 17.5 Å². The smallest absolute Gasteiger partial charge is 0.128 e. The minimum atomic E-state index is -1.54. The van der Waals surface area contributed by atoms with Gasteiger partial charge in [0.2, 0.25) is 0 Å². The Bertz CT molecular complexity index is 1010. The highest BCUT2D eigenvalue weighted by Crippen LogP contribution is 2.32. The molecule has 128 valence electrons. The number of hydrogen-bond acceptors (Lipinski definition) is 5. The maximum Gasteiger partial charge on any atom is 0.128 e. The van der Waals surface area contributed by atoms with E-state index in [-0.39, 0.29) is 0 Å². The molecule has 0 unspecified atom stereocenters. The number of hydrogen-bond donors (Lipinski definition) is 0. The van der Waals surface area contributed by atoms with Crippen molar-refractivity contribution >= 4 is 12.0 Å². The monoisotopic (exact) mass is 344 g/mol. The number of aromatic nitrogens is 2. The summed E-state index contributed by atoms with van der Waals surface area (Å²) in [5.74, 6) is -0.946. The second-order valence-electron chi connectivity index (χ2n) is 5.37.